The lowest BCUT2D eigenvalue weighted by Crippen LogP contribution is -2.43. The first-order chi connectivity index (χ1) is 7.11. The second-order valence-corrected chi connectivity index (χ2v) is 3.45. The molecule has 0 saturated carbocycles. The molecule has 0 aliphatic heterocycles. The van der Waals surface area contributed by atoms with Gasteiger partial charge in [0.25, 0.3) is 0 Å². The second kappa shape index (κ2) is 8.23. The van der Waals surface area contributed by atoms with Gasteiger partial charge in [-0.05, 0) is 6.42 Å². The van der Waals surface area contributed by atoms with Gasteiger partial charge in [-0.15, -0.1) is 0 Å². The molecule has 0 aromatic rings. The summed E-state index contributed by atoms with van der Waals surface area (Å²) in [6, 6.07) is -1.18. The summed E-state index contributed by atoms with van der Waals surface area (Å²) in [5.41, 5.74) is 0. The minimum absolute atomic E-state index is 0.312. The molecule has 0 aliphatic rings. The predicted molar refractivity (Wildman–Crippen MR) is 55.4 cm³/mol. The lowest BCUT2D eigenvalue weighted by atomic mass is 10.1. The molecule has 0 fully saturated rings. The molecule has 1 amide bonds. The molecular formula is C10H19NO4. The van der Waals surface area contributed by atoms with Crippen molar-refractivity contribution in [1.82, 2.24) is 5.32 Å². The number of amides is 1. The topological polar surface area (TPSA) is 86.6 Å². The number of rotatable bonds is 8. The van der Waals surface area contributed by atoms with Gasteiger partial charge in [-0.2, -0.15) is 0 Å². The highest BCUT2D eigenvalue weighted by Gasteiger charge is 2.17. The third-order valence-electron chi connectivity index (χ3n) is 2.07. The molecule has 0 unspecified atom stereocenters. The zero-order valence-electron chi connectivity index (χ0n) is 9.03. The SMILES string of the molecule is CCCCCCC(=O)N[C@H](CO)C(=O)O. The first kappa shape index (κ1) is 13.9. The van der Waals surface area contributed by atoms with Crippen molar-refractivity contribution in [3.05, 3.63) is 0 Å². The predicted octanol–water partition coefficient (Wildman–Crippen LogP) is 0.518. The molecule has 3 N–H and O–H groups in total. The summed E-state index contributed by atoms with van der Waals surface area (Å²) < 4.78 is 0. The van der Waals surface area contributed by atoms with Gasteiger partial charge in [-0.25, -0.2) is 4.79 Å². The van der Waals surface area contributed by atoms with E-state index in [0.717, 1.165) is 25.7 Å². The van der Waals surface area contributed by atoms with E-state index >= 15 is 0 Å². The summed E-state index contributed by atoms with van der Waals surface area (Å²) in [5, 5.41) is 19.5. The summed E-state index contributed by atoms with van der Waals surface area (Å²) in [6.07, 6.45) is 4.23. The number of aliphatic carboxylic acids is 1. The molecule has 0 radical (unpaired) electrons. The standard InChI is InChI=1S/C10H19NO4/c1-2-3-4-5-6-9(13)11-8(7-12)10(14)15/h8,12H,2-7H2,1H3,(H,11,13)(H,14,15)/t8-/m1/s1. The summed E-state index contributed by atoms with van der Waals surface area (Å²) in [5.74, 6) is -1.52. The molecule has 88 valence electrons. The Morgan fingerprint density at radius 3 is 2.40 bits per heavy atom. The number of unbranched alkanes of at least 4 members (excludes halogenated alkanes) is 3. The van der Waals surface area contributed by atoms with Gasteiger partial charge in [0.05, 0.1) is 6.61 Å². The van der Waals surface area contributed by atoms with Gasteiger partial charge in [-0.1, -0.05) is 26.2 Å². The van der Waals surface area contributed by atoms with Gasteiger partial charge in [0.1, 0.15) is 6.04 Å². The van der Waals surface area contributed by atoms with Crippen molar-refractivity contribution in [3.63, 3.8) is 0 Å². The Hall–Kier alpha value is -1.10. The number of carbonyl (C=O) groups excluding carboxylic acids is 1. The van der Waals surface area contributed by atoms with Crippen LogP contribution in [-0.4, -0.2) is 34.7 Å². The monoisotopic (exact) mass is 217 g/mol. The van der Waals surface area contributed by atoms with E-state index in [4.69, 9.17) is 10.2 Å². The summed E-state index contributed by atoms with van der Waals surface area (Å²) in [6.45, 7) is 1.50. The van der Waals surface area contributed by atoms with Crippen LogP contribution in [0.4, 0.5) is 0 Å². The van der Waals surface area contributed by atoms with Crippen molar-refractivity contribution in [1.29, 1.82) is 0 Å². The number of aliphatic hydroxyl groups excluding tert-OH is 1. The molecule has 0 heterocycles. The highest BCUT2D eigenvalue weighted by atomic mass is 16.4. The summed E-state index contributed by atoms with van der Waals surface area (Å²) in [7, 11) is 0. The van der Waals surface area contributed by atoms with Crippen LogP contribution in [0.25, 0.3) is 0 Å². The second-order valence-electron chi connectivity index (χ2n) is 3.45. The van der Waals surface area contributed by atoms with Gasteiger partial charge in [0, 0.05) is 6.42 Å². The van der Waals surface area contributed by atoms with E-state index in [1.54, 1.807) is 0 Å². The van der Waals surface area contributed by atoms with Crippen molar-refractivity contribution in [2.75, 3.05) is 6.61 Å². The van der Waals surface area contributed by atoms with Crippen molar-refractivity contribution >= 4 is 11.9 Å². The maximum absolute atomic E-state index is 11.2. The normalized spacial score (nSPS) is 12.1. The van der Waals surface area contributed by atoms with Gasteiger partial charge in [0.2, 0.25) is 5.91 Å². The van der Waals surface area contributed by atoms with E-state index in [1.165, 1.54) is 0 Å². The zero-order chi connectivity index (χ0) is 11.7. The molecule has 5 heteroatoms. The molecule has 0 rings (SSSR count). The fraction of sp³-hybridized carbons (Fsp3) is 0.800. The molecule has 0 aliphatic carbocycles. The van der Waals surface area contributed by atoms with Crippen LogP contribution in [0, 0.1) is 0 Å². The third-order valence-corrected chi connectivity index (χ3v) is 2.07. The quantitative estimate of drug-likeness (QED) is 0.517. The van der Waals surface area contributed by atoms with Gasteiger partial charge in [0.15, 0.2) is 0 Å². The fourth-order valence-corrected chi connectivity index (χ4v) is 1.16. The minimum atomic E-state index is -1.21. The summed E-state index contributed by atoms with van der Waals surface area (Å²) >= 11 is 0. The molecule has 0 bridgehead atoms. The molecule has 5 nitrogen and oxygen atoms in total. The maximum atomic E-state index is 11.2. The Kier molecular flexibility index (Phi) is 7.62. The number of hydrogen-bond acceptors (Lipinski definition) is 3. The van der Waals surface area contributed by atoms with E-state index in [0.29, 0.717) is 6.42 Å². The minimum Gasteiger partial charge on any atom is -0.480 e. The molecule has 0 aromatic carbocycles. The molecule has 0 saturated heterocycles. The van der Waals surface area contributed by atoms with Crippen LogP contribution in [0.15, 0.2) is 0 Å². The highest BCUT2D eigenvalue weighted by molar-refractivity contribution is 5.83. The Morgan fingerprint density at radius 1 is 1.27 bits per heavy atom. The lowest BCUT2D eigenvalue weighted by Gasteiger charge is -2.11. The number of carboxylic acid groups (broad SMARTS) is 1. The first-order valence-electron chi connectivity index (χ1n) is 5.24. The Morgan fingerprint density at radius 2 is 1.93 bits per heavy atom. The number of carboxylic acids is 1. The zero-order valence-corrected chi connectivity index (χ0v) is 9.03. The van der Waals surface area contributed by atoms with E-state index in [2.05, 4.69) is 12.2 Å². The molecule has 1 atom stereocenters. The van der Waals surface area contributed by atoms with Crippen LogP contribution in [0.1, 0.15) is 39.0 Å². The van der Waals surface area contributed by atoms with Crippen molar-refractivity contribution < 1.29 is 19.8 Å². The average Bonchev–Trinajstić information content (AvgIpc) is 2.20. The van der Waals surface area contributed by atoms with Crippen LogP contribution in [0.3, 0.4) is 0 Å². The fourth-order valence-electron chi connectivity index (χ4n) is 1.16. The van der Waals surface area contributed by atoms with Crippen LogP contribution < -0.4 is 5.32 Å². The smallest absolute Gasteiger partial charge is 0.328 e. The number of hydrogen-bond donors (Lipinski definition) is 3. The van der Waals surface area contributed by atoms with Gasteiger partial charge >= 0.3 is 5.97 Å². The maximum Gasteiger partial charge on any atom is 0.328 e. The summed E-state index contributed by atoms with van der Waals surface area (Å²) in [4.78, 5) is 21.7. The highest BCUT2D eigenvalue weighted by Crippen LogP contribution is 2.02. The Labute approximate surface area is 89.5 Å². The molecule has 15 heavy (non-hydrogen) atoms. The molecular weight excluding hydrogens is 198 g/mol. The third kappa shape index (κ3) is 6.90. The van der Waals surface area contributed by atoms with E-state index in [1.807, 2.05) is 0 Å². The van der Waals surface area contributed by atoms with E-state index in [-0.39, 0.29) is 5.91 Å². The number of aliphatic hydroxyl groups is 1. The van der Waals surface area contributed by atoms with E-state index in [9.17, 15) is 9.59 Å². The molecule has 0 spiro atoms. The van der Waals surface area contributed by atoms with Crippen LogP contribution in [0.2, 0.25) is 0 Å². The van der Waals surface area contributed by atoms with Crippen LogP contribution in [-0.2, 0) is 9.59 Å². The van der Waals surface area contributed by atoms with Crippen LogP contribution >= 0.6 is 0 Å². The largest absolute Gasteiger partial charge is 0.480 e. The average molecular weight is 217 g/mol. The van der Waals surface area contributed by atoms with Crippen molar-refractivity contribution in [2.45, 2.75) is 45.1 Å². The van der Waals surface area contributed by atoms with E-state index < -0.39 is 18.6 Å². The van der Waals surface area contributed by atoms with Crippen LogP contribution in [0.5, 0.6) is 0 Å². The first-order valence-corrected chi connectivity index (χ1v) is 5.24. The molecule has 0 aromatic heterocycles. The lowest BCUT2D eigenvalue weighted by molar-refractivity contribution is -0.142. The van der Waals surface area contributed by atoms with Gasteiger partial charge in [-0.3, -0.25) is 4.79 Å². The van der Waals surface area contributed by atoms with Crippen molar-refractivity contribution in [2.24, 2.45) is 0 Å². The van der Waals surface area contributed by atoms with Gasteiger partial charge < -0.3 is 15.5 Å². The Balaban J connectivity index is 3.67. The van der Waals surface area contributed by atoms with Crippen molar-refractivity contribution in [3.8, 4) is 0 Å². The Bertz CT molecular complexity index is 206. The number of carbonyl (C=O) groups is 2. The number of nitrogens with one attached hydrogen (secondary N) is 1.